The van der Waals surface area contributed by atoms with Crippen LogP contribution in [0.25, 0.3) is 0 Å². The molecule has 4 aliphatic carbocycles. The van der Waals surface area contributed by atoms with Crippen molar-refractivity contribution in [3.8, 4) is 0 Å². The highest BCUT2D eigenvalue weighted by atomic mass is 16.3. The third-order valence-electron chi connectivity index (χ3n) is 8.31. The molecule has 4 aliphatic rings. The van der Waals surface area contributed by atoms with Crippen molar-refractivity contribution in [2.24, 2.45) is 34.5 Å². The fourth-order valence-electron chi connectivity index (χ4n) is 7.11. The largest absolute Gasteiger partial charge is 0.389 e. The molecule has 0 aromatic rings. The summed E-state index contributed by atoms with van der Waals surface area (Å²) in [5, 5.41) is 9.43. The molecule has 6 atom stereocenters. The lowest BCUT2D eigenvalue weighted by molar-refractivity contribution is -0.139. The number of hydrogen-bond donors (Lipinski definition) is 1. The first kappa shape index (κ1) is 17.8. The van der Waals surface area contributed by atoms with Gasteiger partial charge in [-0.3, -0.25) is 14.4 Å². The summed E-state index contributed by atoms with van der Waals surface area (Å²) in [6, 6.07) is 0. The van der Waals surface area contributed by atoms with Crippen LogP contribution >= 0.6 is 0 Å². The lowest BCUT2D eigenvalue weighted by atomic mass is 9.46. The van der Waals surface area contributed by atoms with Crippen LogP contribution < -0.4 is 0 Å². The van der Waals surface area contributed by atoms with E-state index in [0.717, 1.165) is 43.3 Å². The third-order valence-corrected chi connectivity index (χ3v) is 8.31. The molecule has 3 saturated carbocycles. The monoisotopic (exact) mass is 356 g/mol. The molecular weight excluding hydrogens is 328 g/mol. The van der Waals surface area contributed by atoms with Gasteiger partial charge in [0, 0.05) is 12.3 Å². The van der Waals surface area contributed by atoms with E-state index in [9.17, 15) is 19.5 Å². The van der Waals surface area contributed by atoms with Gasteiger partial charge in [-0.05, 0) is 66.8 Å². The standard InChI is InChI=1S/C22H28O4/c1-12-8-16-14-5-4-13-9-17(24)18(25)10-22(13,3)15(14)6-7-21(16,2)20(12)19(26)11-23/h9,14-16,20,23H,1,4-8,10-11H2,2-3H3/t14-,15+,16+,20-,21+,22+/m1/s1. The summed E-state index contributed by atoms with van der Waals surface area (Å²) in [5.41, 5.74) is 1.78. The smallest absolute Gasteiger partial charge is 0.221 e. The Balaban J connectivity index is 1.70. The van der Waals surface area contributed by atoms with Crippen molar-refractivity contribution < 1.29 is 19.5 Å². The lowest BCUT2D eigenvalue weighted by Crippen LogP contribution is -2.52. The molecule has 1 N–H and O–H groups in total. The van der Waals surface area contributed by atoms with Crippen molar-refractivity contribution in [3.05, 3.63) is 23.8 Å². The van der Waals surface area contributed by atoms with Crippen molar-refractivity contribution in [1.82, 2.24) is 0 Å². The van der Waals surface area contributed by atoms with E-state index in [4.69, 9.17) is 0 Å². The number of aliphatic hydroxyl groups is 1. The molecule has 4 heteroatoms. The van der Waals surface area contributed by atoms with E-state index in [1.54, 1.807) is 6.08 Å². The molecule has 3 fully saturated rings. The van der Waals surface area contributed by atoms with Gasteiger partial charge < -0.3 is 5.11 Å². The van der Waals surface area contributed by atoms with E-state index in [-0.39, 0.29) is 34.1 Å². The van der Waals surface area contributed by atoms with E-state index in [2.05, 4.69) is 20.4 Å². The topological polar surface area (TPSA) is 71.4 Å². The predicted molar refractivity (Wildman–Crippen MR) is 97.2 cm³/mol. The van der Waals surface area contributed by atoms with Gasteiger partial charge in [-0.15, -0.1) is 0 Å². The van der Waals surface area contributed by atoms with Crippen molar-refractivity contribution in [2.45, 2.75) is 52.4 Å². The highest BCUT2D eigenvalue weighted by molar-refractivity contribution is 6.42. The lowest BCUT2D eigenvalue weighted by Gasteiger charge is -2.57. The number of allylic oxidation sites excluding steroid dienone is 2. The second kappa shape index (κ2) is 5.72. The Morgan fingerprint density at radius 3 is 2.69 bits per heavy atom. The van der Waals surface area contributed by atoms with E-state index in [0.29, 0.717) is 24.2 Å². The molecule has 0 heterocycles. The van der Waals surface area contributed by atoms with Gasteiger partial charge in [-0.2, -0.15) is 0 Å². The van der Waals surface area contributed by atoms with Crippen LogP contribution in [-0.4, -0.2) is 29.1 Å². The average molecular weight is 356 g/mol. The molecule has 0 aromatic carbocycles. The summed E-state index contributed by atoms with van der Waals surface area (Å²) in [5.74, 6) is 0.282. The minimum absolute atomic E-state index is 0.0977. The molecule has 0 radical (unpaired) electrons. The molecule has 0 aromatic heterocycles. The zero-order valence-corrected chi connectivity index (χ0v) is 15.7. The maximum Gasteiger partial charge on any atom is 0.221 e. The summed E-state index contributed by atoms with van der Waals surface area (Å²) in [6.07, 6.45) is 6.56. The molecule has 0 aliphatic heterocycles. The zero-order chi connectivity index (χ0) is 18.9. The summed E-state index contributed by atoms with van der Waals surface area (Å²) < 4.78 is 0. The van der Waals surface area contributed by atoms with Crippen LogP contribution in [0, 0.1) is 34.5 Å². The number of carbonyl (C=O) groups is 3. The predicted octanol–water partition coefficient (Wildman–Crippen LogP) is 3.04. The molecule has 0 unspecified atom stereocenters. The van der Waals surface area contributed by atoms with Crippen molar-refractivity contribution in [1.29, 1.82) is 0 Å². The Morgan fingerprint density at radius 1 is 1.27 bits per heavy atom. The van der Waals surface area contributed by atoms with Gasteiger partial charge in [0.15, 0.2) is 5.78 Å². The summed E-state index contributed by atoms with van der Waals surface area (Å²) in [4.78, 5) is 36.5. The van der Waals surface area contributed by atoms with Gasteiger partial charge in [0.2, 0.25) is 11.6 Å². The SMILES string of the molecule is C=C1C[C@H]2[C@@H]3CCC4=CC(=O)C(=O)C[C@]4(C)[C@H]3CC[C@]2(C)[C@H]1C(=O)CO. The first-order valence-electron chi connectivity index (χ1n) is 9.82. The van der Waals surface area contributed by atoms with E-state index in [1.165, 1.54) is 0 Å². The first-order valence-corrected chi connectivity index (χ1v) is 9.82. The fraction of sp³-hybridized carbons (Fsp3) is 0.682. The van der Waals surface area contributed by atoms with Crippen LogP contribution in [0.3, 0.4) is 0 Å². The van der Waals surface area contributed by atoms with Gasteiger partial charge >= 0.3 is 0 Å². The van der Waals surface area contributed by atoms with Gasteiger partial charge in [0.05, 0.1) is 0 Å². The summed E-state index contributed by atoms with van der Waals surface area (Å²) in [6.45, 7) is 8.15. The van der Waals surface area contributed by atoms with Crippen LogP contribution in [0.5, 0.6) is 0 Å². The van der Waals surface area contributed by atoms with Gasteiger partial charge in [0.25, 0.3) is 0 Å². The second-order valence-electron chi connectivity index (χ2n) is 9.43. The molecule has 0 saturated heterocycles. The minimum atomic E-state index is -0.415. The van der Waals surface area contributed by atoms with Crippen LogP contribution in [-0.2, 0) is 14.4 Å². The Kier molecular flexibility index (Phi) is 3.93. The van der Waals surface area contributed by atoms with Crippen LogP contribution in [0.2, 0.25) is 0 Å². The Labute approximate surface area is 154 Å². The second-order valence-corrected chi connectivity index (χ2v) is 9.43. The third kappa shape index (κ3) is 2.20. The molecule has 0 spiro atoms. The molecule has 140 valence electrons. The normalized spacial score (nSPS) is 44.9. The van der Waals surface area contributed by atoms with Crippen molar-refractivity contribution in [2.75, 3.05) is 6.61 Å². The van der Waals surface area contributed by atoms with E-state index in [1.807, 2.05) is 0 Å². The molecule has 0 bridgehead atoms. The zero-order valence-electron chi connectivity index (χ0n) is 15.7. The summed E-state index contributed by atoms with van der Waals surface area (Å²) in [7, 11) is 0. The number of ketones is 3. The van der Waals surface area contributed by atoms with Gasteiger partial charge in [0.1, 0.15) is 6.61 Å². The number of carbonyl (C=O) groups excluding carboxylic acids is 3. The number of hydrogen-bond acceptors (Lipinski definition) is 4. The Morgan fingerprint density at radius 2 is 2.00 bits per heavy atom. The fourth-order valence-corrected chi connectivity index (χ4v) is 7.11. The minimum Gasteiger partial charge on any atom is -0.389 e. The number of Topliss-reactive ketones (excluding diaryl/α,β-unsaturated/α-hetero) is 2. The van der Waals surface area contributed by atoms with Crippen LogP contribution in [0.4, 0.5) is 0 Å². The van der Waals surface area contributed by atoms with Crippen molar-refractivity contribution in [3.63, 3.8) is 0 Å². The number of aliphatic hydroxyl groups excluding tert-OH is 1. The maximum absolute atomic E-state index is 12.4. The van der Waals surface area contributed by atoms with Crippen LogP contribution in [0.15, 0.2) is 23.8 Å². The van der Waals surface area contributed by atoms with E-state index < -0.39 is 6.61 Å². The molecule has 4 rings (SSSR count). The highest BCUT2D eigenvalue weighted by Crippen LogP contribution is 2.67. The van der Waals surface area contributed by atoms with E-state index >= 15 is 0 Å². The highest BCUT2D eigenvalue weighted by Gasteiger charge is 2.61. The molecular formula is C22H28O4. The van der Waals surface area contributed by atoms with Gasteiger partial charge in [-0.1, -0.05) is 31.6 Å². The summed E-state index contributed by atoms with van der Waals surface area (Å²) >= 11 is 0. The number of rotatable bonds is 2. The molecule has 4 nitrogen and oxygen atoms in total. The first-order chi connectivity index (χ1) is 12.2. The Hall–Kier alpha value is -1.55. The van der Waals surface area contributed by atoms with Gasteiger partial charge in [-0.25, -0.2) is 0 Å². The molecule has 0 amide bonds. The maximum atomic E-state index is 12.4. The molecule has 26 heavy (non-hydrogen) atoms. The van der Waals surface area contributed by atoms with Crippen LogP contribution in [0.1, 0.15) is 52.4 Å². The number of fused-ring (bicyclic) bond motifs is 5. The average Bonchev–Trinajstić information content (AvgIpc) is 2.86. The Bertz CT molecular complexity index is 747. The van der Waals surface area contributed by atoms with Crippen molar-refractivity contribution >= 4 is 17.3 Å². The quantitative estimate of drug-likeness (QED) is 0.610.